The van der Waals surface area contributed by atoms with Crippen LogP contribution in [0.4, 0.5) is 4.20 Å². The van der Waals surface area contributed by atoms with E-state index in [1.807, 2.05) is 6.07 Å². The van der Waals surface area contributed by atoms with Gasteiger partial charge in [-0.15, -0.1) is 0 Å². The third-order valence-corrected chi connectivity index (χ3v) is 5.61. The molecule has 0 heterocycles. The minimum atomic E-state index is -3.62. The zero-order chi connectivity index (χ0) is 10.7. The van der Waals surface area contributed by atoms with Crippen molar-refractivity contribution in [2.24, 2.45) is 0 Å². The van der Waals surface area contributed by atoms with Crippen molar-refractivity contribution in [1.29, 1.82) is 0 Å². The van der Waals surface area contributed by atoms with E-state index in [2.05, 4.69) is 0 Å². The van der Waals surface area contributed by atoms with Gasteiger partial charge in [0.2, 0.25) is 0 Å². The molecule has 1 atom stereocenters. The Hall–Kier alpha value is -0.620. The summed E-state index contributed by atoms with van der Waals surface area (Å²) >= 11 is 0. The molecule has 1 nitrogen and oxygen atoms in total. The molecule has 0 saturated heterocycles. The van der Waals surface area contributed by atoms with Gasteiger partial charge in [0.1, 0.15) is 0 Å². The molecule has 0 spiro atoms. The number of hydrogen-bond acceptors (Lipinski definition) is 1. The Balaban J connectivity index is 2.22. The van der Waals surface area contributed by atoms with Gasteiger partial charge in [-0.05, 0) is 25.0 Å². The van der Waals surface area contributed by atoms with Crippen LogP contribution in [0.5, 0.6) is 0 Å². The number of hydrogen-bond donors (Lipinski definition) is 0. The van der Waals surface area contributed by atoms with Gasteiger partial charge in [0.15, 0.2) is 0 Å². The van der Waals surface area contributed by atoms with Crippen LogP contribution in [0.25, 0.3) is 0 Å². The molecular formula is C12H16FOP. The first-order chi connectivity index (χ1) is 7.21. The third-order valence-electron chi connectivity index (χ3n) is 3.15. The third kappa shape index (κ3) is 2.31. The maximum absolute atomic E-state index is 14.3. The lowest BCUT2D eigenvalue weighted by atomic mass is 10.0. The molecule has 3 heteroatoms. The molecule has 2 rings (SSSR count). The fraction of sp³-hybridized carbons (Fsp3) is 0.500. The van der Waals surface area contributed by atoms with Gasteiger partial charge >= 0.3 is 0 Å². The summed E-state index contributed by atoms with van der Waals surface area (Å²) in [5.74, 6) is 0. The molecule has 0 radical (unpaired) electrons. The summed E-state index contributed by atoms with van der Waals surface area (Å²) in [4.78, 5) is 0. The Morgan fingerprint density at radius 2 is 1.67 bits per heavy atom. The molecule has 15 heavy (non-hydrogen) atoms. The SMILES string of the molecule is O=P(F)(c1ccccc1)C1CCCCC1. The van der Waals surface area contributed by atoms with E-state index in [4.69, 9.17) is 0 Å². The first-order valence-corrected chi connectivity index (χ1v) is 7.23. The van der Waals surface area contributed by atoms with E-state index in [9.17, 15) is 8.76 Å². The van der Waals surface area contributed by atoms with E-state index >= 15 is 0 Å². The predicted octanol–water partition coefficient (Wildman–Crippen LogP) is 3.89. The highest BCUT2D eigenvalue weighted by Gasteiger charge is 2.35. The maximum Gasteiger partial charge on any atom is 0.275 e. The lowest BCUT2D eigenvalue weighted by Gasteiger charge is -2.24. The van der Waals surface area contributed by atoms with Crippen LogP contribution < -0.4 is 5.30 Å². The molecule has 0 amide bonds. The van der Waals surface area contributed by atoms with E-state index in [0.717, 1.165) is 32.1 Å². The number of rotatable bonds is 2. The largest absolute Gasteiger partial charge is 0.282 e. The first-order valence-electron chi connectivity index (χ1n) is 5.56. The van der Waals surface area contributed by atoms with Gasteiger partial charge in [-0.1, -0.05) is 37.5 Å². The number of benzene rings is 1. The van der Waals surface area contributed by atoms with Gasteiger partial charge in [0.05, 0.1) is 0 Å². The lowest BCUT2D eigenvalue weighted by Crippen LogP contribution is -2.17. The topological polar surface area (TPSA) is 17.1 Å². The second-order valence-corrected chi connectivity index (χ2v) is 6.60. The Labute approximate surface area is 90.2 Å². The highest BCUT2D eigenvalue weighted by molar-refractivity contribution is 7.67. The van der Waals surface area contributed by atoms with Crippen molar-refractivity contribution in [1.82, 2.24) is 0 Å². The molecular weight excluding hydrogens is 210 g/mol. The summed E-state index contributed by atoms with van der Waals surface area (Å²) in [5, 5.41) is 0.400. The van der Waals surface area contributed by atoms with Crippen molar-refractivity contribution in [3.63, 3.8) is 0 Å². The van der Waals surface area contributed by atoms with E-state index in [1.165, 1.54) is 0 Å². The Morgan fingerprint density at radius 1 is 1.07 bits per heavy atom. The van der Waals surface area contributed by atoms with E-state index in [1.54, 1.807) is 24.3 Å². The van der Waals surface area contributed by atoms with E-state index < -0.39 is 7.45 Å². The van der Waals surface area contributed by atoms with Crippen LogP contribution in [-0.2, 0) is 4.57 Å². The Kier molecular flexibility index (Phi) is 3.25. The zero-order valence-electron chi connectivity index (χ0n) is 8.73. The molecule has 1 aliphatic rings. The van der Waals surface area contributed by atoms with Crippen LogP contribution in [0.3, 0.4) is 0 Å². The summed E-state index contributed by atoms with van der Waals surface area (Å²) in [6, 6.07) is 8.63. The van der Waals surface area contributed by atoms with E-state index in [0.29, 0.717) is 5.30 Å². The molecule has 82 valence electrons. The standard InChI is InChI=1S/C12H16FOP/c13-15(14,11-7-3-1-4-8-11)12-9-5-2-6-10-12/h1,3-4,7-8,12H,2,5-6,9-10H2. The zero-order valence-corrected chi connectivity index (χ0v) is 9.63. The molecule has 1 unspecified atom stereocenters. The lowest BCUT2D eigenvalue weighted by molar-refractivity contribution is 0.466. The smallest absolute Gasteiger partial charge is 0.275 e. The predicted molar refractivity (Wildman–Crippen MR) is 61.7 cm³/mol. The van der Waals surface area contributed by atoms with Gasteiger partial charge in [0.25, 0.3) is 7.45 Å². The van der Waals surface area contributed by atoms with Crippen molar-refractivity contribution in [2.45, 2.75) is 37.8 Å². The van der Waals surface area contributed by atoms with Gasteiger partial charge < -0.3 is 0 Å². The van der Waals surface area contributed by atoms with E-state index in [-0.39, 0.29) is 5.66 Å². The van der Waals surface area contributed by atoms with Crippen LogP contribution >= 0.6 is 7.45 Å². The minimum absolute atomic E-state index is 0.228. The van der Waals surface area contributed by atoms with Gasteiger partial charge in [0, 0.05) is 11.0 Å². The molecule has 0 aromatic heterocycles. The van der Waals surface area contributed by atoms with Crippen molar-refractivity contribution in [3.8, 4) is 0 Å². The minimum Gasteiger partial charge on any atom is -0.282 e. The normalized spacial score (nSPS) is 22.2. The van der Waals surface area contributed by atoms with Crippen LogP contribution in [0.15, 0.2) is 30.3 Å². The fourth-order valence-corrected chi connectivity index (χ4v) is 4.28. The van der Waals surface area contributed by atoms with Crippen molar-refractivity contribution >= 4 is 12.8 Å². The van der Waals surface area contributed by atoms with Crippen LogP contribution in [0, 0.1) is 0 Å². The van der Waals surface area contributed by atoms with Gasteiger partial charge in [-0.25, -0.2) is 0 Å². The molecule has 0 bridgehead atoms. The summed E-state index contributed by atoms with van der Waals surface area (Å²) < 4.78 is 26.4. The van der Waals surface area contributed by atoms with Gasteiger partial charge in [-0.3, -0.25) is 4.57 Å². The maximum atomic E-state index is 14.3. The van der Waals surface area contributed by atoms with Crippen LogP contribution in [0.2, 0.25) is 0 Å². The molecule has 1 aliphatic carbocycles. The quantitative estimate of drug-likeness (QED) is 0.699. The molecule has 1 fully saturated rings. The second kappa shape index (κ2) is 4.49. The summed E-state index contributed by atoms with van der Waals surface area (Å²) in [6.45, 7) is 0. The second-order valence-electron chi connectivity index (χ2n) is 4.20. The molecule has 1 aromatic rings. The average molecular weight is 226 g/mol. The van der Waals surface area contributed by atoms with Crippen LogP contribution in [0.1, 0.15) is 32.1 Å². The fourth-order valence-electron chi connectivity index (χ4n) is 2.26. The van der Waals surface area contributed by atoms with Crippen molar-refractivity contribution in [2.75, 3.05) is 0 Å². The molecule has 0 aliphatic heterocycles. The van der Waals surface area contributed by atoms with Crippen LogP contribution in [-0.4, -0.2) is 5.66 Å². The monoisotopic (exact) mass is 226 g/mol. The number of halogens is 1. The Morgan fingerprint density at radius 3 is 2.27 bits per heavy atom. The summed E-state index contributed by atoms with van der Waals surface area (Å²) in [5.41, 5.74) is -0.228. The molecule has 1 aromatic carbocycles. The highest BCUT2D eigenvalue weighted by atomic mass is 31.2. The van der Waals surface area contributed by atoms with Crippen molar-refractivity contribution in [3.05, 3.63) is 30.3 Å². The van der Waals surface area contributed by atoms with Crippen molar-refractivity contribution < 1.29 is 8.76 Å². The highest BCUT2D eigenvalue weighted by Crippen LogP contribution is 2.55. The molecule has 0 N–H and O–H groups in total. The summed E-state index contributed by atoms with van der Waals surface area (Å²) in [7, 11) is -3.62. The summed E-state index contributed by atoms with van der Waals surface area (Å²) in [6.07, 6.45) is 4.76. The Bertz CT molecular complexity index is 357. The van der Waals surface area contributed by atoms with Gasteiger partial charge in [-0.2, -0.15) is 4.20 Å². The first kappa shape index (κ1) is 10.9. The molecule has 1 saturated carbocycles. The average Bonchev–Trinajstić information content (AvgIpc) is 2.31.